The van der Waals surface area contributed by atoms with Gasteiger partial charge in [0.25, 0.3) is 0 Å². The number of benzene rings is 3. The first-order valence-electron chi connectivity index (χ1n) is 10.4. The molecule has 33 heavy (non-hydrogen) atoms. The Morgan fingerprint density at radius 1 is 1.06 bits per heavy atom. The van der Waals surface area contributed by atoms with Crippen molar-refractivity contribution in [2.75, 3.05) is 13.7 Å². The fourth-order valence-corrected chi connectivity index (χ4v) is 4.94. The Morgan fingerprint density at radius 2 is 1.73 bits per heavy atom. The van der Waals surface area contributed by atoms with Crippen LogP contribution in [0.3, 0.4) is 0 Å². The molecule has 0 spiro atoms. The Labute approximate surface area is 200 Å². The van der Waals surface area contributed by atoms with Gasteiger partial charge in [-0.2, -0.15) is 4.31 Å². The number of nitrogens with one attached hydrogen (secondary N) is 1. The lowest BCUT2D eigenvalue weighted by Crippen LogP contribution is -2.41. The molecule has 0 saturated heterocycles. The van der Waals surface area contributed by atoms with E-state index in [-0.39, 0.29) is 24.0 Å². The standard InChI is InChI=1S/C25H27ClN2O4S/c1-18-7-13-24(14-8-18)33(30,31)28(16-20-5-4-6-22(26)15-20)17-25(29)27-19(2)21-9-11-23(32-3)12-10-21/h4-15,19H,16-17H2,1-3H3,(H,27,29)/t19-/m0/s1. The lowest BCUT2D eigenvalue weighted by molar-refractivity contribution is -0.122. The Bertz CT molecular complexity index is 1200. The highest BCUT2D eigenvalue weighted by atomic mass is 35.5. The van der Waals surface area contributed by atoms with Crippen molar-refractivity contribution < 1.29 is 17.9 Å². The Balaban J connectivity index is 1.82. The van der Waals surface area contributed by atoms with Gasteiger partial charge >= 0.3 is 0 Å². The van der Waals surface area contributed by atoms with E-state index in [1.54, 1.807) is 55.6 Å². The number of rotatable bonds is 9. The molecule has 1 N–H and O–H groups in total. The summed E-state index contributed by atoms with van der Waals surface area (Å²) in [5.41, 5.74) is 2.52. The molecule has 0 saturated carbocycles. The van der Waals surface area contributed by atoms with Crippen LogP contribution in [-0.2, 0) is 21.4 Å². The summed E-state index contributed by atoms with van der Waals surface area (Å²) in [6.45, 7) is 3.41. The van der Waals surface area contributed by atoms with Crippen molar-refractivity contribution in [3.8, 4) is 5.75 Å². The van der Waals surface area contributed by atoms with Crippen LogP contribution in [-0.4, -0.2) is 32.3 Å². The number of nitrogens with zero attached hydrogens (tertiary/aromatic N) is 1. The van der Waals surface area contributed by atoms with Crippen molar-refractivity contribution in [2.45, 2.75) is 31.3 Å². The van der Waals surface area contributed by atoms with E-state index >= 15 is 0 Å². The first-order chi connectivity index (χ1) is 15.7. The topological polar surface area (TPSA) is 75.7 Å². The van der Waals surface area contributed by atoms with E-state index in [4.69, 9.17) is 16.3 Å². The van der Waals surface area contributed by atoms with Gasteiger partial charge in [-0.1, -0.05) is 53.6 Å². The second-order valence-electron chi connectivity index (χ2n) is 7.78. The maximum absolute atomic E-state index is 13.4. The highest BCUT2D eigenvalue weighted by Crippen LogP contribution is 2.21. The normalized spacial score (nSPS) is 12.4. The number of sulfonamides is 1. The zero-order chi connectivity index (χ0) is 24.0. The fraction of sp³-hybridized carbons (Fsp3) is 0.240. The van der Waals surface area contributed by atoms with Gasteiger partial charge in [0.2, 0.25) is 15.9 Å². The predicted molar refractivity (Wildman–Crippen MR) is 130 cm³/mol. The SMILES string of the molecule is COc1ccc([C@H](C)NC(=O)CN(Cc2cccc(Cl)c2)S(=O)(=O)c2ccc(C)cc2)cc1. The lowest BCUT2D eigenvalue weighted by Gasteiger charge is -2.23. The smallest absolute Gasteiger partial charge is 0.243 e. The number of aryl methyl sites for hydroxylation is 1. The summed E-state index contributed by atoms with van der Waals surface area (Å²) in [5, 5.41) is 3.38. The Hall–Kier alpha value is -2.87. The van der Waals surface area contributed by atoms with Crippen LogP contribution in [0.15, 0.2) is 77.7 Å². The summed E-state index contributed by atoms with van der Waals surface area (Å²) in [6.07, 6.45) is 0. The average Bonchev–Trinajstić information content (AvgIpc) is 2.79. The van der Waals surface area contributed by atoms with Gasteiger partial charge in [0.15, 0.2) is 0 Å². The van der Waals surface area contributed by atoms with Crippen molar-refractivity contribution in [3.05, 3.63) is 94.5 Å². The molecule has 1 atom stereocenters. The predicted octanol–water partition coefficient (Wildman–Crippen LogP) is 4.73. The summed E-state index contributed by atoms with van der Waals surface area (Å²) in [5.74, 6) is 0.310. The largest absolute Gasteiger partial charge is 0.497 e. The zero-order valence-electron chi connectivity index (χ0n) is 18.8. The molecule has 3 aromatic rings. The van der Waals surface area contributed by atoms with E-state index in [0.717, 1.165) is 11.1 Å². The van der Waals surface area contributed by atoms with Gasteiger partial charge in [0.05, 0.1) is 24.6 Å². The molecule has 8 heteroatoms. The van der Waals surface area contributed by atoms with Crippen LogP contribution >= 0.6 is 11.6 Å². The first-order valence-corrected chi connectivity index (χ1v) is 12.3. The van der Waals surface area contributed by atoms with Crippen LogP contribution in [0.4, 0.5) is 0 Å². The van der Waals surface area contributed by atoms with E-state index in [1.165, 1.54) is 4.31 Å². The second-order valence-corrected chi connectivity index (χ2v) is 10.2. The molecule has 0 radical (unpaired) electrons. The summed E-state index contributed by atoms with van der Waals surface area (Å²) < 4.78 is 33.1. The number of carbonyl (C=O) groups excluding carboxylic acids is 1. The molecule has 0 aliphatic heterocycles. The molecule has 3 aromatic carbocycles. The maximum Gasteiger partial charge on any atom is 0.243 e. The monoisotopic (exact) mass is 486 g/mol. The van der Waals surface area contributed by atoms with Gasteiger partial charge in [-0.05, 0) is 61.4 Å². The minimum absolute atomic E-state index is 0.0150. The molecule has 0 unspecified atom stereocenters. The van der Waals surface area contributed by atoms with E-state index in [2.05, 4.69) is 5.32 Å². The number of amides is 1. The molecule has 0 fully saturated rings. The summed E-state index contributed by atoms with van der Waals surface area (Å²) in [7, 11) is -2.33. The minimum atomic E-state index is -3.92. The quantitative estimate of drug-likeness (QED) is 0.474. The van der Waals surface area contributed by atoms with Crippen molar-refractivity contribution in [1.82, 2.24) is 9.62 Å². The third-order valence-electron chi connectivity index (χ3n) is 5.22. The third kappa shape index (κ3) is 6.57. The Kier molecular flexibility index (Phi) is 8.13. The molecule has 0 heterocycles. The second kappa shape index (κ2) is 10.8. The van der Waals surface area contributed by atoms with Gasteiger partial charge in [0.1, 0.15) is 5.75 Å². The molecular weight excluding hydrogens is 460 g/mol. The van der Waals surface area contributed by atoms with E-state index in [1.807, 2.05) is 38.1 Å². The van der Waals surface area contributed by atoms with E-state index in [0.29, 0.717) is 16.3 Å². The van der Waals surface area contributed by atoms with Gasteiger partial charge in [-0.15, -0.1) is 0 Å². The third-order valence-corrected chi connectivity index (χ3v) is 7.26. The zero-order valence-corrected chi connectivity index (χ0v) is 20.4. The maximum atomic E-state index is 13.4. The molecule has 6 nitrogen and oxygen atoms in total. The van der Waals surface area contributed by atoms with Gasteiger partial charge < -0.3 is 10.1 Å². The van der Waals surface area contributed by atoms with Crippen LogP contribution in [0.2, 0.25) is 5.02 Å². The number of hydrogen-bond donors (Lipinski definition) is 1. The lowest BCUT2D eigenvalue weighted by atomic mass is 10.1. The molecule has 0 aromatic heterocycles. The first kappa shape index (κ1) is 24.8. The van der Waals surface area contributed by atoms with Gasteiger partial charge in [0, 0.05) is 11.6 Å². The van der Waals surface area contributed by atoms with Crippen LogP contribution in [0.5, 0.6) is 5.75 Å². The summed E-state index contributed by atoms with van der Waals surface area (Å²) in [4.78, 5) is 13.0. The van der Waals surface area contributed by atoms with E-state index < -0.39 is 15.9 Å². The summed E-state index contributed by atoms with van der Waals surface area (Å²) in [6, 6.07) is 20.5. The molecule has 0 aliphatic carbocycles. The van der Waals surface area contributed by atoms with Crippen molar-refractivity contribution in [1.29, 1.82) is 0 Å². The molecular formula is C25H27ClN2O4S. The number of hydrogen-bond acceptors (Lipinski definition) is 4. The molecule has 3 rings (SSSR count). The fourth-order valence-electron chi connectivity index (χ4n) is 3.35. The molecule has 1 amide bonds. The van der Waals surface area contributed by atoms with Gasteiger partial charge in [-0.3, -0.25) is 4.79 Å². The van der Waals surface area contributed by atoms with Gasteiger partial charge in [-0.25, -0.2) is 8.42 Å². The van der Waals surface area contributed by atoms with Crippen molar-refractivity contribution in [3.63, 3.8) is 0 Å². The number of halogens is 1. The van der Waals surface area contributed by atoms with Crippen LogP contribution < -0.4 is 10.1 Å². The van der Waals surface area contributed by atoms with E-state index in [9.17, 15) is 13.2 Å². The number of ether oxygens (including phenoxy) is 1. The Morgan fingerprint density at radius 3 is 2.33 bits per heavy atom. The summed E-state index contributed by atoms with van der Waals surface area (Å²) >= 11 is 6.08. The highest BCUT2D eigenvalue weighted by Gasteiger charge is 2.27. The average molecular weight is 487 g/mol. The molecule has 0 aliphatic rings. The van der Waals surface area contributed by atoms with Crippen LogP contribution in [0.25, 0.3) is 0 Å². The molecule has 0 bridgehead atoms. The minimum Gasteiger partial charge on any atom is -0.497 e. The van der Waals surface area contributed by atoms with Crippen molar-refractivity contribution in [2.24, 2.45) is 0 Å². The number of carbonyl (C=O) groups is 1. The highest BCUT2D eigenvalue weighted by molar-refractivity contribution is 7.89. The number of methoxy groups -OCH3 is 1. The van der Waals surface area contributed by atoms with Crippen molar-refractivity contribution >= 4 is 27.5 Å². The van der Waals surface area contributed by atoms with Crippen LogP contribution in [0, 0.1) is 6.92 Å². The molecule has 174 valence electrons. The van der Waals surface area contributed by atoms with Crippen LogP contribution in [0.1, 0.15) is 29.7 Å².